The number of nitrogens with one attached hydrogen (secondary N) is 1. The number of likely N-dealkylation sites (N-methyl/N-ethyl adjacent to an activating group) is 1. The van der Waals surface area contributed by atoms with Crippen molar-refractivity contribution in [1.82, 2.24) is 4.90 Å². The monoisotopic (exact) mass is 402 g/mol. The summed E-state index contributed by atoms with van der Waals surface area (Å²) < 4.78 is 11.2. The van der Waals surface area contributed by atoms with Crippen molar-refractivity contribution in [3.63, 3.8) is 0 Å². The summed E-state index contributed by atoms with van der Waals surface area (Å²) in [5, 5.41) is 3.18. The minimum Gasteiger partial charge on any atom is -0.489 e. The van der Waals surface area contributed by atoms with E-state index in [1.54, 1.807) is 13.1 Å². The van der Waals surface area contributed by atoms with Crippen LogP contribution in [0.1, 0.15) is 29.3 Å². The van der Waals surface area contributed by atoms with Gasteiger partial charge in [0, 0.05) is 24.7 Å². The van der Waals surface area contributed by atoms with Crippen LogP contribution < -0.4 is 14.8 Å². The van der Waals surface area contributed by atoms with Gasteiger partial charge in [0.15, 0.2) is 11.5 Å². The number of hydrogen-bond acceptors (Lipinski definition) is 4. The van der Waals surface area contributed by atoms with Crippen LogP contribution in [0.3, 0.4) is 0 Å². The summed E-state index contributed by atoms with van der Waals surface area (Å²) in [5.74, 6) is 0.309. The number of anilines is 1. The predicted molar refractivity (Wildman–Crippen MR) is 108 cm³/mol. The number of amides is 2. The molecule has 0 bridgehead atoms. The maximum atomic E-state index is 12.8. The van der Waals surface area contributed by atoms with Crippen LogP contribution in [0, 0.1) is 0 Å². The van der Waals surface area contributed by atoms with Gasteiger partial charge in [0.05, 0.1) is 24.8 Å². The van der Waals surface area contributed by atoms with E-state index in [1.165, 1.54) is 11.0 Å². The van der Waals surface area contributed by atoms with Crippen LogP contribution in [-0.2, 0) is 11.2 Å². The highest BCUT2D eigenvalue weighted by Crippen LogP contribution is 2.38. The van der Waals surface area contributed by atoms with E-state index in [2.05, 4.69) is 5.32 Å². The minimum atomic E-state index is -0.323. The Hall–Kier alpha value is -2.73. The molecular weight excluding hydrogens is 380 g/mol. The van der Waals surface area contributed by atoms with E-state index in [0.29, 0.717) is 35.3 Å². The lowest BCUT2D eigenvalue weighted by Gasteiger charge is -2.19. The fourth-order valence-corrected chi connectivity index (χ4v) is 3.27. The summed E-state index contributed by atoms with van der Waals surface area (Å²) in [6.45, 7) is 2.95. The third kappa shape index (κ3) is 4.57. The first-order valence-corrected chi connectivity index (χ1v) is 9.59. The van der Waals surface area contributed by atoms with Crippen LogP contribution in [0.2, 0.25) is 5.02 Å². The summed E-state index contributed by atoms with van der Waals surface area (Å²) in [6.07, 6.45) is 1.55. The summed E-state index contributed by atoms with van der Waals surface area (Å²) in [7, 11) is 1.57. The summed E-state index contributed by atoms with van der Waals surface area (Å²) >= 11 is 6.26. The number of ether oxygens (including phenoxy) is 2. The average molecular weight is 403 g/mol. The second kappa shape index (κ2) is 8.97. The van der Waals surface area contributed by atoms with E-state index in [9.17, 15) is 9.59 Å². The number of hydrogen-bond donors (Lipinski definition) is 1. The van der Waals surface area contributed by atoms with Crippen LogP contribution in [0.25, 0.3) is 0 Å². The van der Waals surface area contributed by atoms with Crippen molar-refractivity contribution in [2.24, 2.45) is 0 Å². The normalized spacial score (nSPS) is 12.8. The van der Waals surface area contributed by atoms with Gasteiger partial charge in [0.2, 0.25) is 5.91 Å². The molecule has 0 radical (unpaired) electrons. The standard InChI is InChI=1S/C21H23ClN2O4/c1-3-14-7-4-5-8-17(14)23-19(25)13-24(2)21(26)15-11-16(22)20-18(12-15)27-9-6-10-28-20/h4-5,7-8,11-12H,3,6,9-10,13H2,1-2H3,(H,23,25). The molecule has 1 aliphatic heterocycles. The van der Waals surface area contributed by atoms with E-state index in [1.807, 2.05) is 31.2 Å². The smallest absolute Gasteiger partial charge is 0.254 e. The maximum Gasteiger partial charge on any atom is 0.254 e. The number of nitrogens with zero attached hydrogens (tertiary/aromatic N) is 1. The lowest BCUT2D eigenvalue weighted by Crippen LogP contribution is -2.35. The largest absolute Gasteiger partial charge is 0.489 e. The molecule has 0 aliphatic carbocycles. The zero-order valence-corrected chi connectivity index (χ0v) is 16.7. The number of carbonyl (C=O) groups excluding carboxylic acids is 2. The molecule has 0 fully saturated rings. The summed E-state index contributed by atoms with van der Waals surface area (Å²) in [6, 6.07) is 10.8. The van der Waals surface area contributed by atoms with E-state index in [0.717, 1.165) is 24.1 Å². The van der Waals surface area contributed by atoms with Gasteiger partial charge < -0.3 is 19.7 Å². The van der Waals surface area contributed by atoms with Crippen molar-refractivity contribution in [2.45, 2.75) is 19.8 Å². The number of fused-ring (bicyclic) bond motifs is 1. The second-order valence-corrected chi connectivity index (χ2v) is 6.96. The Kier molecular flexibility index (Phi) is 6.41. The molecule has 7 heteroatoms. The lowest BCUT2D eigenvalue weighted by atomic mass is 10.1. The van der Waals surface area contributed by atoms with Gasteiger partial charge in [-0.15, -0.1) is 0 Å². The van der Waals surface area contributed by atoms with Gasteiger partial charge in [-0.1, -0.05) is 36.7 Å². The molecule has 148 valence electrons. The molecule has 0 unspecified atom stereocenters. The molecule has 28 heavy (non-hydrogen) atoms. The zero-order chi connectivity index (χ0) is 20.1. The Morgan fingerprint density at radius 2 is 1.93 bits per heavy atom. The van der Waals surface area contributed by atoms with Crippen LogP contribution >= 0.6 is 11.6 Å². The van der Waals surface area contributed by atoms with Crippen molar-refractivity contribution >= 4 is 29.1 Å². The number of rotatable bonds is 5. The van der Waals surface area contributed by atoms with E-state index in [-0.39, 0.29) is 18.4 Å². The van der Waals surface area contributed by atoms with Gasteiger partial charge in [-0.2, -0.15) is 0 Å². The molecule has 0 saturated heterocycles. The Balaban J connectivity index is 1.70. The van der Waals surface area contributed by atoms with Crippen LogP contribution in [0.15, 0.2) is 36.4 Å². The van der Waals surface area contributed by atoms with Gasteiger partial charge in [0.1, 0.15) is 0 Å². The number of benzene rings is 2. The Morgan fingerprint density at radius 3 is 2.71 bits per heavy atom. The molecule has 2 amide bonds. The highest BCUT2D eigenvalue weighted by atomic mass is 35.5. The molecule has 0 aromatic heterocycles. The van der Waals surface area contributed by atoms with E-state index >= 15 is 0 Å². The highest BCUT2D eigenvalue weighted by Gasteiger charge is 2.21. The van der Waals surface area contributed by atoms with Crippen molar-refractivity contribution in [3.8, 4) is 11.5 Å². The van der Waals surface area contributed by atoms with Crippen LogP contribution in [0.5, 0.6) is 11.5 Å². The maximum absolute atomic E-state index is 12.8. The third-order valence-electron chi connectivity index (χ3n) is 4.45. The molecule has 1 heterocycles. The van der Waals surface area contributed by atoms with E-state index < -0.39 is 0 Å². The van der Waals surface area contributed by atoms with Gasteiger partial charge in [-0.05, 0) is 30.2 Å². The van der Waals surface area contributed by atoms with Crippen molar-refractivity contribution in [3.05, 3.63) is 52.5 Å². The Morgan fingerprint density at radius 1 is 1.18 bits per heavy atom. The second-order valence-electron chi connectivity index (χ2n) is 6.56. The van der Waals surface area contributed by atoms with E-state index in [4.69, 9.17) is 21.1 Å². The summed E-state index contributed by atoms with van der Waals surface area (Å²) in [5.41, 5.74) is 2.15. The third-order valence-corrected chi connectivity index (χ3v) is 4.73. The molecular formula is C21H23ClN2O4. The molecule has 0 spiro atoms. The minimum absolute atomic E-state index is 0.0804. The lowest BCUT2D eigenvalue weighted by molar-refractivity contribution is -0.116. The highest BCUT2D eigenvalue weighted by molar-refractivity contribution is 6.32. The first-order valence-electron chi connectivity index (χ1n) is 9.22. The quantitative estimate of drug-likeness (QED) is 0.826. The topological polar surface area (TPSA) is 67.9 Å². The van der Waals surface area contributed by atoms with Gasteiger partial charge in [0.25, 0.3) is 5.91 Å². The number of halogens is 1. The first kappa shape index (κ1) is 20.0. The van der Waals surface area contributed by atoms with Gasteiger partial charge in [-0.3, -0.25) is 9.59 Å². The number of carbonyl (C=O) groups is 2. The zero-order valence-electron chi connectivity index (χ0n) is 16.0. The molecule has 2 aromatic rings. The number of aryl methyl sites for hydroxylation is 1. The molecule has 0 atom stereocenters. The SMILES string of the molecule is CCc1ccccc1NC(=O)CN(C)C(=O)c1cc(Cl)c2c(c1)OCCCO2. The Bertz CT molecular complexity index is 885. The predicted octanol–water partition coefficient (Wildman–Crippen LogP) is 3.77. The Labute approximate surface area is 169 Å². The molecule has 2 aromatic carbocycles. The van der Waals surface area contributed by atoms with Crippen molar-refractivity contribution < 1.29 is 19.1 Å². The van der Waals surface area contributed by atoms with Crippen molar-refractivity contribution in [1.29, 1.82) is 0 Å². The molecule has 1 aliphatic rings. The molecule has 6 nitrogen and oxygen atoms in total. The molecule has 0 saturated carbocycles. The van der Waals surface area contributed by atoms with Crippen LogP contribution in [0.4, 0.5) is 5.69 Å². The van der Waals surface area contributed by atoms with Gasteiger partial charge in [-0.25, -0.2) is 0 Å². The molecule has 1 N–H and O–H groups in total. The molecule has 3 rings (SSSR count). The van der Waals surface area contributed by atoms with Crippen LogP contribution in [-0.4, -0.2) is 43.5 Å². The fourth-order valence-electron chi connectivity index (χ4n) is 3.00. The number of para-hydroxylation sites is 1. The first-order chi connectivity index (χ1) is 13.5. The average Bonchev–Trinajstić information content (AvgIpc) is 2.93. The van der Waals surface area contributed by atoms with Gasteiger partial charge >= 0.3 is 0 Å². The van der Waals surface area contributed by atoms with Crippen molar-refractivity contribution in [2.75, 3.05) is 32.1 Å². The fraction of sp³-hybridized carbons (Fsp3) is 0.333. The summed E-state index contributed by atoms with van der Waals surface area (Å²) in [4.78, 5) is 26.5.